The standard InChI is InChI=1S/C23H36O4S/c1-14(24)27-19-16(13-28-4)15-6-10-23(19)11-7-17-21(2,18(23)12-15)8-5-9-22(17,3)20(25)26/h15-19H,5-13H2,1-4H3,(H,25,26)/t15-,16-,17-,18-,19+,21+,22+,23-/m0/s1. The van der Waals surface area contributed by atoms with Crippen molar-refractivity contribution in [1.82, 2.24) is 0 Å². The van der Waals surface area contributed by atoms with Gasteiger partial charge >= 0.3 is 11.9 Å². The van der Waals surface area contributed by atoms with Crippen molar-refractivity contribution in [2.45, 2.75) is 78.2 Å². The topological polar surface area (TPSA) is 63.6 Å². The summed E-state index contributed by atoms with van der Waals surface area (Å²) in [5.41, 5.74) is -0.505. The van der Waals surface area contributed by atoms with E-state index in [1.54, 1.807) is 6.92 Å². The second-order valence-corrected chi connectivity index (χ2v) is 11.6. The lowest BCUT2D eigenvalue weighted by molar-refractivity contribution is -0.248. The number of thioether (sulfide) groups is 1. The van der Waals surface area contributed by atoms with Crippen LogP contribution in [0.4, 0.5) is 0 Å². The molecule has 5 heteroatoms. The minimum Gasteiger partial charge on any atom is -0.481 e. The van der Waals surface area contributed by atoms with E-state index in [4.69, 9.17) is 4.74 Å². The van der Waals surface area contributed by atoms with Crippen LogP contribution in [0.3, 0.4) is 0 Å². The van der Waals surface area contributed by atoms with Gasteiger partial charge in [0, 0.05) is 18.3 Å². The highest BCUT2D eigenvalue weighted by Gasteiger charge is 2.69. The normalized spacial score (nSPS) is 49.8. The monoisotopic (exact) mass is 408 g/mol. The molecule has 0 aliphatic heterocycles. The Hall–Kier alpha value is -0.710. The third kappa shape index (κ3) is 2.70. The van der Waals surface area contributed by atoms with Gasteiger partial charge in [-0.1, -0.05) is 13.3 Å². The van der Waals surface area contributed by atoms with Crippen molar-refractivity contribution in [2.24, 2.45) is 39.9 Å². The van der Waals surface area contributed by atoms with E-state index in [-0.39, 0.29) is 28.8 Å². The second kappa shape index (κ2) is 6.92. The number of carboxylic acids is 1. The van der Waals surface area contributed by atoms with Crippen molar-refractivity contribution in [3.63, 3.8) is 0 Å². The number of hydrogen-bond donors (Lipinski definition) is 1. The largest absolute Gasteiger partial charge is 0.481 e. The minimum absolute atomic E-state index is 0.0192. The number of carboxylic acid groups (broad SMARTS) is 1. The highest BCUT2D eigenvalue weighted by molar-refractivity contribution is 7.98. The van der Waals surface area contributed by atoms with E-state index < -0.39 is 11.4 Å². The van der Waals surface area contributed by atoms with E-state index >= 15 is 0 Å². The van der Waals surface area contributed by atoms with Gasteiger partial charge in [-0.3, -0.25) is 9.59 Å². The molecule has 5 rings (SSSR count). The first kappa shape index (κ1) is 20.6. The third-order valence-corrected chi connectivity index (χ3v) is 10.3. The minimum atomic E-state index is -0.614. The van der Waals surface area contributed by atoms with Gasteiger partial charge in [-0.25, -0.2) is 0 Å². The molecule has 5 fully saturated rings. The van der Waals surface area contributed by atoms with Crippen molar-refractivity contribution in [1.29, 1.82) is 0 Å². The van der Waals surface area contributed by atoms with E-state index in [1.807, 2.05) is 18.7 Å². The Bertz CT molecular complexity index is 665. The smallest absolute Gasteiger partial charge is 0.309 e. The van der Waals surface area contributed by atoms with Crippen LogP contribution in [0.1, 0.15) is 72.1 Å². The quantitative estimate of drug-likeness (QED) is 0.663. The summed E-state index contributed by atoms with van der Waals surface area (Å²) in [4.78, 5) is 24.3. The van der Waals surface area contributed by atoms with E-state index in [2.05, 4.69) is 13.2 Å². The van der Waals surface area contributed by atoms with E-state index in [9.17, 15) is 14.7 Å². The molecule has 0 radical (unpaired) electrons. The van der Waals surface area contributed by atoms with Crippen LogP contribution in [0.15, 0.2) is 0 Å². The molecule has 5 saturated carbocycles. The highest BCUT2D eigenvalue weighted by Crippen LogP contribution is 2.72. The fourth-order valence-corrected chi connectivity index (χ4v) is 9.33. The third-order valence-electron chi connectivity index (χ3n) is 9.59. The first-order chi connectivity index (χ1) is 13.2. The lowest BCUT2D eigenvalue weighted by atomic mass is 9.35. The van der Waals surface area contributed by atoms with Crippen molar-refractivity contribution in [3.05, 3.63) is 0 Å². The molecule has 1 spiro atoms. The summed E-state index contributed by atoms with van der Waals surface area (Å²) in [5, 5.41) is 10.1. The van der Waals surface area contributed by atoms with Crippen LogP contribution in [0.5, 0.6) is 0 Å². The van der Waals surface area contributed by atoms with Gasteiger partial charge in [0.25, 0.3) is 0 Å². The average Bonchev–Trinajstić information content (AvgIpc) is 2.63. The number of carbonyl (C=O) groups excluding carboxylic acids is 1. The van der Waals surface area contributed by atoms with Crippen LogP contribution in [0.2, 0.25) is 0 Å². The molecule has 0 aromatic heterocycles. The summed E-state index contributed by atoms with van der Waals surface area (Å²) >= 11 is 1.87. The number of carbonyl (C=O) groups is 2. The van der Waals surface area contributed by atoms with Crippen molar-refractivity contribution in [3.8, 4) is 0 Å². The predicted molar refractivity (Wildman–Crippen MR) is 111 cm³/mol. The molecule has 5 aliphatic carbocycles. The highest BCUT2D eigenvalue weighted by atomic mass is 32.2. The molecule has 0 aromatic carbocycles. The summed E-state index contributed by atoms with van der Waals surface area (Å²) in [7, 11) is 0. The number of esters is 1. The molecule has 28 heavy (non-hydrogen) atoms. The zero-order valence-electron chi connectivity index (χ0n) is 17.8. The molecule has 0 heterocycles. The Labute approximate surface area is 173 Å². The molecule has 158 valence electrons. The zero-order chi connectivity index (χ0) is 20.3. The maximum Gasteiger partial charge on any atom is 0.309 e. The van der Waals surface area contributed by atoms with Crippen LogP contribution in [-0.4, -0.2) is 35.2 Å². The number of aliphatic carboxylic acids is 1. The van der Waals surface area contributed by atoms with Crippen LogP contribution < -0.4 is 0 Å². The van der Waals surface area contributed by atoms with Gasteiger partial charge in [0.2, 0.25) is 0 Å². The fourth-order valence-electron chi connectivity index (χ4n) is 8.50. The number of hydrogen-bond acceptors (Lipinski definition) is 4. The molecule has 2 bridgehead atoms. The molecular weight excluding hydrogens is 372 g/mol. The van der Waals surface area contributed by atoms with Gasteiger partial charge in [0.15, 0.2) is 0 Å². The number of rotatable bonds is 4. The first-order valence-electron chi connectivity index (χ1n) is 11.1. The Morgan fingerprint density at radius 3 is 2.46 bits per heavy atom. The van der Waals surface area contributed by atoms with Crippen molar-refractivity contribution >= 4 is 23.7 Å². The SMILES string of the molecule is CSC[C@H]1[C@H]2CC[C@@]3(CC[C@H]4[C@@](C)(CCC[C@@]4(C)C(=O)O)[C@@H]3C2)[C@@H]1OC(C)=O. The number of fused-ring (bicyclic) bond motifs is 3. The van der Waals surface area contributed by atoms with Crippen LogP contribution in [0.25, 0.3) is 0 Å². The molecule has 1 N–H and O–H groups in total. The Morgan fingerprint density at radius 1 is 1.11 bits per heavy atom. The molecule has 0 unspecified atom stereocenters. The van der Waals surface area contributed by atoms with Crippen LogP contribution in [0, 0.1) is 39.9 Å². The maximum absolute atomic E-state index is 12.3. The van der Waals surface area contributed by atoms with Gasteiger partial charge < -0.3 is 9.84 Å². The second-order valence-electron chi connectivity index (χ2n) is 10.6. The van der Waals surface area contributed by atoms with E-state index in [0.717, 1.165) is 44.3 Å². The predicted octanol–water partition coefficient (Wildman–Crippen LogP) is 5.00. The lowest BCUT2D eigenvalue weighted by Crippen LogP contribution is -2.67. The van der Waals surface area contributed by atoms with Gasteiger partial charge in [-0.2, -0.15) is 11.8 Å². The van der Waals surface area contributed by atoms with Crippen LogP contribution in [-0.2, 0) is 14.3 Å². The average molecular weight is 409 g/mol. The first-order valence-corrected chi connectivity index (χ1v) is 12.5. The Balaban J connectivity index is 1.75. The molecule has 0 aromatic rings. The summed E-state index contributed by atoms with van der Waals surface area (Å²) in [6.45, 7) is 5.94. The fraction of sp³-hybridized carbons (Fsp3) is 0.913. The van der Waals surface area contributed by atoms with Gasteiger partial charge in [-0.05, 0) is 87.0 Å². The number of ether oxygens (including phenoxy) is 1. The molecule has 5 aliphatic rings. The summed E-state index contributed by atoms with van der Waals surface area (Å²) in [6, 6.07) is 0. The summed E-state index contributed by atoms with van der Waals surface area (Å²) in [6.07, 6.45) is 10.7. The van der Waals surface area contributed by atoms with E-state index in [1.165, 1.54) is 12.8 Å². The molecule has 0 saturated heterocycles. The summed E-state index contributed by atoms with van der Waals surface area (Å²) in [5.74, 6) is 2.08. The van der Waals surface area contributed by atoms with Crippen molar-refractivity contribution < 1.29 is 19.4 Å². The summed E-state index contributed by atoms with van der Waals surface area (Å²) < 4.78 is 6.11. The zero-order valence-corrected chi connectivity index (χ0v) is 18.6. The van der Waals surface area contributed by atoms with Crippen molar-refractivity contribution in [2.75, 3.05) is 12.0 Å². The van der Waals surface area contributed by atoms with Gasteiger partial charge in [0.05, 0.1) is 5.41 Å². The molecule has 8 atom stereocenters. The Kier molecular flexibility index (Phi) is 5.08. The van der Waals surface area contributed by atoms with Gasteiger partial charge in [-0.15, -0.1) is 0 Å². The van der Waals surface area contributed by atoms with E-state index in [0.29, 0.717) is 17.8 Å². The Morgan fingerprint density at radius 2 is 1.82 bits per heavy atom. The lowest BCUT2D eigenvalue weighted by Gasteiger charge is -2.70. The molecule has 0 amide bonds. The molecular formula is C23H36O4S. The maximum atomic E-state index is 12.3. The van der Waals surface area contributed by atoms with Crippen LogP contribution >= 0.6 is 11.8 Å². The van der Waals surface area contributed by atoms with Gasteiger partial charge in [0.1, 0.15) is 6.10 Å². The molecule has 4 nitrogen and oxygen atoms in total.